The third kappa shape index (κ3) is 6.71. The molecule has 0 aliphatic carbocycles. The number of carbonyl (C=O) groups excluding carboxylic acids is 1. The summed E-state index contributed by atoms with van der Waals surface area (Å²) in [4.78, 5) is 15.5. The van der Waals surface area contributed by atoms with Crippen LogP contribution in [0.5, 0.6) is 11.5 Å². The second-order valence-corrected chi connectivity index (χ2v) is 10.5. The number of sulfonamides is 1. The lowest BCUT2D eigenvalue weighted by atomic mass is 9.97. The SMILES string of the molecule is COc1ccc(C(=O)N[C@@H](CNS(=O)(=O)c2ccc(OC)cc2)CN2[C@H](C)CCC[C@@H]2C)cc1. The molecule has 1 heterocycles. The highest BCUT2D eigenvalue weighted by Gasteiger charge is 2.28. The van der Waals surface area contributed by atoms with Crippen LogP contribution in [0.4, 0.5) is 0 Å². The average molecular weight is 490 g/mol. The van der Waals surface area contributed by atoms with E-state index in [4.69, 9.17) is 9.47 Å². The summed E-state index contributed by atoms with van der Waals surface area (Å²) in [5.41, 5.74) is 0.489. The van der Waals surface area contributed by atoms with Gasteiger partial charge in [-0.1, -0.05) is 6.42 Å². The Hall–Kier alpha value is -2.62. The number of piperidine rings is 1. The Morgan fingerprint density at radius 1 is 0.971 bits per heavy atom. The maximum absolute atomic E-state index is 13.0. The fourth-order valence-corrected chi connectivity index (χ4v) is 5.39. The van der Waals surface area contributed by atoms with Gasteiger partial charge in [0.2, 0.25) is 10.0 Å². The summed E-state index contributed by atoms with van der Waals surface area (Å²) < 4.78 is 38.7. The van der Waals surface area contributed by atoms with Gasteiger partial charge in [0.1, 0.15) is 11.5 Å². The van der Waals surface area contributed by atoms with Crippen molar-refractivity contribution in [1.29, 1.82) is 0 Å². The Balaban J connectivity index is 1.75. The van der Waals surface area contributed by atoms with Crippen molar-refractivity contribution in [3.63, 3.8) is 0 Å². The summed E-state index contributed by atoms with van der Waals surface area (Å²) in [5.74, 6) is 0.988. The first-order valence-electron chi connectivity index (χ1n) is 11.6. The summed E-state index contributed by atoms with van der Waals surface area (Å²) in [7, 11) is -0.651. The molecule has 1 saturated heterocycles. The first kappa shape index (κ1) is 26.0. The van der Waals surface area contributed by atoms with Gasteiger partial charge in [-0.25, -0.2) is 13.1 Å². The molecule has 8 nitrogen and oxygen atoms in total. The van der Waals surface area contributed by atoms with E-state index in [9.17, 15) is 13.2 Å². The van der Waals surface area contributed by atoms with Crippen LogP contribution >= 0.6 is 0 Å². The summed E-state index contributed by atoms with van der Waals surface area (Å²) in [5, 5.41) is 3.03. The quantitative estimate of drug-likeness (QED) is 0.533. The summed E-state index contributed by atoms with van der Waals surface area (Å²) in [6.45, 7) is 4.99. The fraction of sp³-hybridized carbons (Fsp3) is 0.480. The van der Waals surface area contributed by atoms with Gasteiger partial charge in [-0.3, -0.25) is 9.69 Å². The highest BCUT2D eigenvalue weighted by molar-refractivity contribution is 7.89. The van der Waals surface area contributed by atoms with E-state index < -0.39 is 16.1 Å². The standard InChI is InChI=1S/C25H35N3O5S/c1-18-6-5-7-19(2)28(18)17-21(27-25(29)20-8-10-22(32-3)11-9-20)16-26-34(30,31)24-14-12-23(33-4)13-15-24/h8-15,18-19,21,26H,5-7,16-17H2,1-4H3,(H,27,29)/t18-,19+,21-/m0/s1. The van der Waals surface area contributed by atoms with Crippen molar-refractivity contribution in [2.75, 3.05) is 27.3 Å². The molecular weight excluding hydrogens is 454 g/mol. The lowest BCUT2D eigenvalue weighted by molar-refractivity contribution is 0.0799. The number of ether oxygens (including phenoxy) is 2. The molecule has 0 saturated carbocycles. The molecule has 186 valence electrons. The molecule has 0 unspecified atom stereocenters. The minimum Gasteiger partial charge on any atom is -0.497 e. The largest absolute Gasteiger partial charge is 0.497 e. The van der Waals surface area contributed by atoms with Crippen molar-refractivity contribution in [1.82, 2.24) is 14.9 Å². The van der Waals surface area contributed by atoms with Gasteiger partial charge in [0.15, 0.2) is 0 Å². The number of nitrogens with one attached hydrogen (secondary N) is 2. The third-order valence-electron chi connectivity index (χ3n) is 6.38. The van der Waals surface area contributed by atoms with E-state index in [1.165, 1.54) is 25.7 Å². The van der Waals surface area contributed by atoms with E-state index in [-0.39, 0.29) is 17.3 Å². The van der Waals surface area contributed by atoms with Gasteiger partial charge in [0.25, 0.3) is 5.91 Å². The molecule has 1 fully saturated rings. The average Bonchev–Trinajstić information content (AvgIpc) is 2.84. The molecule has 2 aromatic rings. The zero-order chi connectivity index (χ0) is 24.7. The predicted molar refractivity (Wildman–Crippen MR) is 132 cm³/mol. The van der Waals surface area contributed by atoms with Crippen LogP contribution in [0, 0.1) is 0 Å². The Kier molecular flexibility index (Phi) is 8.93. The summed E-state index contributed by atoms with van der Waals surface area (Å²) in [6, 6.07) is 13.4. The molecule has 2 aromatic carbocycles. The molecular formula is C25H35N3O5S. The Bertz CT molecular complexity index is 1030. The molecule has 1 amide bonds. The lowest BCUT2D eigenvalue weighted by Gasteiger charge is -2.41. The maximum Gasteiger partial charge on any atom is 0.251 e. The molecule has 2 N–H and O–H groups in total. The van der Waals surface area contributed by atoms with Crippen LogP contribution < -0.4 is 19.5 Å². The molecule has 3 rings (SSSR count). The number of amides is 1. The number of carbonyl (C=O) groups is 1. The van der Waals surface area contributed by atoms with Crippen molar-refractivity contribution in [2.24, 2.45) is 0 Å². The maximum atomic E-state index is 13.0. The van der Waals surface area contributed by atoms with Crippen molar-refractivity contribution in [3.05, 3.63) is 54.1 Å². The zero-order valence-corrected chi connectivity index (χ0v) is 21.1. The van der Waals surface area contributed by atoms with Gasteiger partial charge < -0.3 is 14.8 Å². The predicted octanol–water partition coefficient (Wildman–Crippen LogP) is 3.04. The highest BCUT2D eigenvalue weighted by atomic mass is 32.2. The van der Waals surface area contributed by atoms with Gasteiger partial charge in [0, 0.05) is 30.7 Å². The number of rotatable bonds is 10. The second kappa shape index (κ2) is 11.7. The van der Waals surface area contributed by atoms with E-state index in [0.717, 1.165) is 12.8 Å². The van der Waals surface area contributed by atoms with Crippen LogP contribution in [0.1, 0.15) is 43.5 Å². The molecule has 34 heavy (non-hydrogen) atoms. The molecule has 1 aliphatic heterocycles. The second-order valence-electron chi connectivity index (χ2n) is 8.75. The van der Waals surface area contributed by atoms with Crippen LogP contribution in [0.15, 0.2) is 53.4 Å². The summed E-state index contributed by atoms with van der Waals surface area (Å²) in [6.07, 6.45) is 3.34. The first-order chi connectivity index (χ1) is 16.2. The van der Waals surface area contributed by atoms with Crippen LogP contribution in [-0.2, 0) is 10.0 Å². The zero-order valence-electron chi connectivity index (χ0n) is 20.3. The van der Waals surface area contributed by atoms with E-state index in [0.29, 0.717) is 35.7 Å². The molecule has 0 radical (unpaired) electrons. The first-order valence-corrected chi connectivity index (χ1v) is 13.1. The van der Waals surface area contributed by atoms with Crippen LogP contribution in [0.3, 0.4) is 0 Å². The number of hydrogen-bond donors (Lipinski definition) is 2. The van der Waals surface area contributed by atoms with Crippen molar-refractivity contribution < 1.29 is 22.7 Å². The number of methoxy groups -OCH3 is 2. The minimum absolute atomic E-state index is 0.0756. The molecule has 1 aliphatic rings. The molecule has 3 atom stereocenters. The molecule has 0 spiro atoms. The Labute approximate surface area is 202 Å². The van der Waals surface area contributed by atoms with Crippen molar-refractivity contribution in [2.45, 2.75) is 56.1 Å². The van der Waals surface area contributed by atoms with Gasteiger partial charge in [-0.15, -0.1) is 0 Å². The lowest BCUT2D eigenvalue weighted by Crippen LogP contribution is -2.54. The minimum atomic E-state index is -3.75. The van der Waals surface area contributed by atoms with Crippen LogP contribution in [0.2, 0.25) is 0 Å². The summed E-state index contributed by atoms with van der Waals surface area (Å²) >= 11 is 0. The Morgan fingerprint density at radius 2 is 1.50 bits per heavy atom. The molecule has 0 aromatic heterocycles. The number of hydrogen-bond acceptors (Lipinski definition) is 6. The van der Waals surface area contributed by atoms with Gasteiger partial charge in [-0.2, -0.15) is 0 Å². The normalized spacial score (nSPS) is 19.9. The van der Waals surface area contributed by atoms with Gasteiger partial charge in [0.05, 0.1) is 25.2 Å². The Morgan fingerprint density at radius 3 is 2.03 bits per heavy atom. The van der Waals surface area contributed by atoms with Crippen molar-refractivity contribution in [3.8, 4) is 11.5 Å². The van der Waals surface area contributed by atoms with E-state index in [1.54, 1.807) is 43.5 Å². The van der Waals surface area contributed by atoms with E-state index in [1.807, 2.05) is 0 Å². The third-order valence-corrected chi connectivity index (χ3v) is 7.82. The fourth-order valence-electron chi connectivity index (χ4n) is 4.31. The van der Waals surface area contributed by atoms with Crippen LogP contribution in [0.25, 0.3) is 0 Å². The van der Waals surface area contributed by atoms with Crippen molar-refractivity contribution >= 4 is 15.9 Å². The highest BCUT2D eigenvalue weighted by Crippen LogP contribution is 2.23. The molecule has 9 heteroatoms. The number of nitrogens with zero attached hydrogens (tertiary/aromatic N) is 1. The van der Waals surface area contributed by atoms with E-state index in [2.05, 4.69) is 28.8 Å². The van der Waals surface area contributed by atoms with Crippen LogP contribution in [-0.4, -0.2) is 64.7 Å². The monoisotopic (exact) mass is 489 g/mol. The number of benzene rings is 2. The van der Waals surface area contributed by atoms with E-state index >= 15 is 0 Å². The van der Waals surface area contributed by atoms with Gasteiger partial charge in [-0.05, 0) is 75.2 Å². The number of likely N-dealkylation sites (tertiary alicyclic amines) is 1. The smallest absolute Gasteiger partial charge is 0.251 e. The van der Waals surface area contributed by atoms with Gasteiger partial charge >= 0.3 is 0 Å². The molecule has 0 bridgehead atoms. The topological polar surface area (TPSA) is 97.0 Å².